The van der Waals surface area contributed by atoms with Crippen LogP contribution in [-0.2, 0) is 6.54 Å². The number of hydrogen-bond donors (Lipinski definition) is 1. The maximum atomic E-state index is 13.1. The van der Waals surface area contributed by atoms with Gasteiger partial charge in [-0.2, -0.15) is 0 Å². The zero-order valence-corrected chi connectivity index (χ0v) is 11.1. The van der Waals surface area contributed by atoms with Crippen LogP contribution in [0.2, 0.25) is 0 Å². The summed E-state index contributed by atoms with van der Waals surface area (Å²) in [6.45, 7) is 0.640. The van der Waals surface area contributed by atoms with Crippen LogP contribution in [0.1, 0.15) is 15.9 Å². The summed E-state index contributed by atoms with van der Waals surface area (Å²) < 4.78 is 13.1. The van der Waals surface area contributed by atoms with Crippen LogP contribution in [0.5, 0.6) is 5.75 Å². The highest BCUT2D eigenvalue weighted by Crippen LogP contribution is 2.18. The molecular weight excluding hydrogens is 259 g/mol. The lowest BCUT2D eigenvalue weighted by molar-refractivity contribution is 0.0940. The van der Waals surface area contributed by atoms with E-state index in [0.29, 0.717) is 6.54 Å². The van der Waals surface area contributed by atoms with Crippen molar-refractivity contribution in [1.82, 2.24) is 9.88 Å². The lowest BCUT2D eigenvalue weighted by atomic mass is 10.1. The molecule has 0 aliphatic heterocycles. The fraction of sp³-hybridized carbons (Fsp3) is 0.200. The van der Waals surface area contributed by atoms with E-state index in [1.807, 2.05) is 12.1 Å². The van der Waals surface area contributed by atoms with Crippen molar-refractivity contribution in [2.75, 3.05) is 13.6 Å². The summed E-state index contributed by atoms with van der Waals surface area (Å²) >= 11 is 0. The molecule has 0 amide bonds. The number of rotatable bonds is 5. The molecule has 0 aliphatic carbocycles. The number of phenolic OH excluding ortho intramolecular Hbond substituents is 1. The molecule has 0 bridgehead atoms. The number of carbonyl (C=O) groups is 1. The molecule has 0 saturated carbocycles. The molecule has 1 aromatic heterocycles. The number of ketones is 1. The molecule has 0 unspecified atom stereocenters. The van der Waals surface area contributed by atoms with Gasteiger partial charge in [-0.25, -0.2) is 4.39 Å². The Kier molecular flexibility index (Phi) is 4.42. The minimum Gasteiger partial charge on any atom is -0.507 e. The summed E-state index contributed by atoms with van der Waals surface area (Å²) in [4.78, 5) is 17.8. The zero-order chi connectivity index (χ0) is 14.5. The Labute approximate surface area is 116 Å². The number of Topliss-reactive ketones (excluding diaryl/α,β-unsaturated/α-hetero) is 1. The highest BCUT2D eigenvalue weighted by molar-refractivity contribution is 5.99. The van der Waals surface area contributed by atoms with Gasteiger partial charge in [-0.1, -0.05) is 6.07 Å². The normalized spacial score (nSPS) is 10.8. The number of benzene rings is 1. The molecule has 0 spiro atoms. The molecule has 0 radical (unpaired) electrons. The molecule has 1 heterocycles. The molecule has 104 valence electrons. The highest BCUT2D eigenvalue weighted by atomic mass is 19.1. The van der Waals surface area contributed by atoms with Gasteiger partial charge in [0.15, 0.2) is 5.78 Å². The van der Waals surface area contributed by atoms with E-state index in [1.54, 1.807) is 24.3 Å². The van der Waals surface area contributed by atoms with Crippen LogP contribution in [0.25, 0.3) is 0 Å². The van der Waals surface area contributed by atoms with Crippen molar-refractivity contribution in [3.8, 4) is 5.75 Å². The molecule has 1 N–H and O–H groups in total. The number of hydrogen-bond acceptors (Lipinski definition) is 4. The van der Waals surface area contributed by atoms with Crippen LogP contribution < -0.4 is 0 Å². The van der Waals surface area contributed by atoms with Crippen molar-refractivity contribution in [3.63, 3.8) is 0 Å². The lowest BCUT2D eigenvalue weighted by Crippen LogP contribution is -2.25. The Balaban J connectivity index is 2.02. The van der Waals surface area contributed by atoms with Crippen molar-refractivity contribution in [3.05, 3.63) is 59.7 Å². The van der Waals surface area contributed by atoms with E-state index < -0.39 is 5.82 Å². The van der Waals surface area contributed by atoms with Gasteiger partial charge in [0, 0.05) is 18.9 Å². The third-order valence-electron chi connectivity index (χ3n) is 2.85. The number of phenols is 1. The van der Waals surface area contributed by atoms with Crippen molar-refractivity contribution in [2.24, 2.45) is 0 Å². The first-order chi connectivity index (χ1) is 9.56. The highest BCUT2D eigenvalue weighted by Gasteiger charge is 2.14. The van der Waals surface area contributed by atoms with E-state index in [4.69, 9.17) is 0 Å². The number of nitrogens with zero attached hydrogens (tertiary/aromatic N) is 2. The fourth-order valence-corrected chi connectivity index (χ4v) is 1.92. The van der Waals surface area contributed by atoms with Crippen LogP contribution in [-0.4, -0.2) is 34.4 Å². The van der Waals surface area contributed by atoms with E-state index >= 15 is 0 Å². The zero-order valence-electron chi connectivity index (χ0n) is 11.1. The first-order valence-electron chi connectivity index (χ1n) is 6.15. The van der Waals surface area contributed by atoms with Crippen molar-refractivity contribution < 1.29 is 14.3 Å². The van der Waals surface area contributed by atoms with Gasteiger partial charge in [-0.05, 0) is 36.9 Å². The topological polar surface area (TPSA) is 53.4 Å². The number of halogens is 1. The molecule has 0 aliphatic rings. The average molecular weight is 274 g/mol. The summed E-state index contributed by atoms with van der Waals surface area (Å²) in [5.41, 5.74) is 0.981. The predicted molar refractivity (Wildman–Crippen MR) is 73.0 cm³/mol. The number of carbonyl (C=O) groups excluding carboxylic acids is 1. The largest absolute Gasteiger partial charge is 0.507 e. The number of aromatic nitrogens is 1. The second kappa shape index (κ2) is 6.25. The number of aromatic hydroxyl groups is 1. The second-order valence-electron chi connectivity index (χ2n) is 4.62. The SMILES string of the molecule is CN(CC(=O)c1cc(F)ccc1O)Cc1cccnc1. The van der Waals surface area contributed by atoms with Gasteiger partial charge < -0.3 is 5.11 Å². The molecule has 0 saturated heterocycles. The third-order valence-corrected chi connectivity index (χ3v) is 2.85. The maximum absolute atomic E-state index is 13.1. The van der Waals surface area contributed by atoms with Crippen molar-refractivity contribution in [1.29, 1.82) is 0 Å². The van der Waals surface area contributed by atoms with Crippen LogP contribution in [0.4, 0.5) is 4.39 Å². The Bertz CT molecular complexity index is 602. The van der Waals surface area contributed by atoms with E-state index in [1.165, 1.54) is 6.07 Å². The van der Waals surface area contributed by atoms with Crippen LogP contribution in [0.15, 0.2) is 42.7 Å². The van der Waals surface area contributed by atoms with Gasteiger partial charge in [-0.15, -0.1) is 0 Å². The summed E-state index contributed by atoms with van der Waals surface area (Å²) in [5, 5.41) is 9.59. The summed E-state index contributed by atoms with van der Waals surface area (Å²) in [6.07, 6.45) is 3.40. The summed E-state index contributed by atoms with van der Waals surface area (Å²) in [6, 6.07) is 7.09. The van der Waals surface area contributed by atoms with E-state index in [9.17, 15) is 14.3 Å². The van der Waals surface area contributed by atoms with E-state index in [-0.39, 0.29) is 23.6 Å². The van der Waals surface area contributed by atoms with Gasteiger partial charge in [0.2, 0.25) is 0 Å². The number of pyridine rings is 1. The second-order valence-corrected chi connectivity index (χ2v) is 4.62. The third kappa shape index (κ3) is 3.61. The first kappa shape index (κ1) is 14.1. The molecule has 1 aromatic carbocycles. The smallest absolute Gasteiger partial charge is 0.180 e. The molecule has 5 heteroatoms. The minimum absolute atomic E-state index is 0.00281. The van der Waals surface area contributed by atoms with E-state index in [0.717, 1.165) is 17.7 Å². The van der Waals surface area contributed by atoms with Gasteiger partial charge >= 0.3 is 0 Å². The Morgan fingerprint density at radius 2 is 2.20 bits per heavy atom. The van der Waals surface area contributed by atoms with Gasteiger partial charge in [-0.3, -0.25) is 14.7 Å². The van der Waals surface area contributed by atoms with Gasteiger partial charge in [0.1, 0.15) is 11.6 Å². The molecule has 2 aromatic rings. The Morgan fingerprint density at radius 1 is 1.40 bits per heavy atom. The van der Waals surface area contributed by atoms with Crippen molar-refractivity contribution in [2.45, 2.75) is 6.54 Å². The van der Waals surface area contributed by atoms with Gasteiger partial charge in [0.05, 0.1) is 12.1 Å². The summed E-state index contributed by atoms with van der Waals surface area (Å²) in [5.74, 6) is -1.07. The quantitative estimate of drug-likeness (QED) is 0.850. The van der Waals surface area contributed by atoms with Crippen LogP contribution in [0.3, 0.4) is 0 Å². The molecule has 0 atom stereocenters. The molecule has 20 heavy (non-hydrogen) atoms. The monoisotopic (exact) mass is 274 g/mol. The van der Waals surface area contributed by atoms with Crippen molar-refractivity contribution >= 4 is 5.78 Å². The Morgan fingerprint density at radius 3 is 2.90 bits per heavy atom. The van der Waals surface area contributed by atoms with Gasteiger partial charge in [0.25, 0.3) is 0 Å². The first-order valence-corrected chi connectivity index (χ1v) is 6.15. The molecule has 0 fully saturated rings. The van der Waals surface area contributed by atoms with Crippen LogP contribution >= 0.6 is 0 Å². The minimum atomic E-state index is -0.541. The maximum Gasteiger partial charge on any atom is 0.180 e. The van der Waals surface area contributed by atoms with E-state index in [2.05, 4.69) is 4.98 Å². The predicted octanol–water partition coefficient (Wildman–Crippen LogP) is 2.24. The Hall–Kier alpha value is -2.27. The fourth-order valence-electron chi connectivity index (χ4n) is 1.92. The molecule has 4 nitrogen and oxygen atoms in total. The average Bonchev–Trinajstić information content (AvgIpc) is 2.42. The molecule has 2 rings (SSSR count). The van der Waals surface area contributed by atoms with Crippen LogP contribution in [0, 0.1) is 5.82 Å². The standard InChI is InChI=1S/C15H15FN2O2/c1-18(9-11-3-2-6-17-8-11)10-15(20)13-7-12(16)4-5-14(13)19/h2-8,19H,9-10H2,1H3. The lowest BCUT2D eigenvalue weighted by Gasteiger charge is -2.16. The number of likely N-dealkylation sites (N-methyl/N-ethyl adjacent to an activating group) is 1. The molecular formula is C15H15FN2O2. The summed E-state index contributed by atoms with van der Waals surface area (Å²) in [7, 11) is 1.78.